The second kappa shape index (κ2) is 31.0. The fourth-order valence-electron chi connectivity index (χ4n) is 11.1. The molecule has 8 aromatic heterocycles. The number of aromatic amines is 2. The van der Waals surface area contributed by atoms with Gasteiger partial charge in [0.15, 0.2) is 51.6 Å². The second-order valence-electron chi connectivity index (χ2n) is 22.7. The van der Waals surface area contributed by atoms with Gasteiger partial charge in [0, 0.05) is 65.2 Å². The molecule has 109 heavy (non-hydrogen) atoms. The van der Waals surface area contributed by atoms with E-state index in [4.69, 9.17) is 79.5 Å². The highest BCUT2D eigenvalue weighted by atomic mass is 32.1. The first kappa shape index (κ1) is 70.8. The molecular weight excluding hydrogens is 1430 g/mol. The number of hydrogen-bond donors (Lipinski definition) is 10. The van der Waals surface area contributed by atoms with Gasteiger partial charge in [-0.3, -0.25) is 0 Å². The van der Waals surface area contributed by atoms with Gasteiger partial charge >= 0.3 is 6.01 Å². The van der Waals surface area contributed by atoms with E-state index in [9.17, 15) is 0 Å². The van der Waals surface area contributed by atoms with E-state index in [2.05, 4.69) is 91.5 Å². The number of benzene rings is 8. The van der Waals surface area contributed by atoms with E-state index in [1.54, 1.807) is 93.3 Å². The van der Waals surface area contributed by atoms with Crippen molar-refractivity contribution in [3.8, 4) is 86.3 Å². The third-order valence-electron chi connectivity index (χ3n) is 16.0. The number of anilines is 12. The lowest BCUT2D eigenvalue weighted by Gasteiger charge is -2.14. The molecular formula is C70H68N26O12S. The van der Waals surface area contributed by atoms with Crippen LogP contribution in [0.4, 0.5) is 70.3 Å². The Hall–Kier alpha value is -15.2. The van der Waals surface area contributed by atoms with E-state index in [0.717, 1.165) is 43.7 Å². The summed E-state index contributed by atoms with van der Waals surface area (Å²) in [5.74, 6) is 8.88. The van der Waals surface area contributed by atoms with Crippen LogP contribution in [0.5, 0.6) is 63.2 Å². The topological polar surface area (TPSA) is 473 Å². The summed E-state index contributed by atoms with van der Waals surface area (Å²) in [6.07, 6.45) is 0. The minimum atomic E-state index is 0.107. The van der Waals surface area contributed by atoms with E-state index >= 15 is 0 Å². The van der Waals surface area contributed by atoms with E-state index < -0.39 is 0 Å². The van der Waals surface area contributed by atoms with Crippen LogP contribution in [-0.2, 0) is 0 Å². The van der Waals surface area contributed by atoms with Crippen molar-refractivity contribution in [3.05, 3.63) is 152 Å². The Morgan fingerprint density at radius 2 is 0.826 bits per heavy atom. The van der Waals surface area contributed by atoms with Crippen molar-refractivity contribution in [3.63, 3.8) is 0 Å². The molecule has 0 amide bonds. The normalized spacial score (nSPS) is 11.2. The van der Waals surface area contributed by atoms with Gasteiger partial charge in [-0.05, 0) is 60.7 Å². The number of hydrogen-bond acceptors (Lipinski definition) is 33. The molecule has 1 aliphatic heterocycles. The predicted octanol–water partition coefficient (Wildman–Crippen LogP) is 10.7. The standard InChI is InChI=1S/2C18H19N7O3.C18H18N6O4.C16H12N6O2S/c1-26-13-8-10(9-14(27-2)15(13)28-3)20-17-23-16(19)25(24-17)18-21-11-6-4-5-7-12(11)22-18;1-26-13-8-10(9-14(27-2)15(13)28-3)20-17-23-16(19)24-25(17)18-21-11-6-4-5-7-12(11)22-18;1-25-13-8-10(9-14(26-2)15(13)27-3)20-17-22-16(19)24(23-17)18-21-11-6-4-5-7-12(11)28-18;17-14-20-15(18-9-5-6-11-12(7-9)24-8-23-11)21-22(14)16-19-10-3-1-2-4-13(10)25-16/h2*4-9H,1-3H3,(H,21,22)(H3,19,20,23,24);4-9H,1-3H3,(H3,19,20,22,23);1-7H,8H2,(H3,17,18,20,21). The van der Waals surface area contributed by atoms with Gasteiger partial charge in [-0.25, -0.2) is 15.0 Å². The van der Waals surface area contributed by atoms with Crippen molar-refractivity contribution < 1.29 is 56.5 Å². The Balaban J connectivity index is 0.000000121. The minimum Gasteiger partial charge on any atom is -0.493 e. The molecule has 0 saturated carbocycles. The number of imidazole rings is 2. The number of fused-ring (bicyclic) bond motifs is 5. The van der Waals surface area contributed by atoms with E-state index in [0.29, 0.717) is 121 Å². The van der Waals surface area contributed by atoms with Crippen molar-refractivity contribution in [2.45, 2.75) is 0 Å². The number of methoxy groups -OCH3 is 9. The molecule has 0 spiro atoms. The molecule has 0 atom stereocenters. The number of H-pyrrole nitrogens is 2. The van der Waals surface area contributed by atoms with Gasteiger partial charge in [-0.15, -0.1) is 25.1 Å². The summed E-state index contributed by atoms with van der Waals surface area (Å²) in [5, 5.41) is 30.5. The lowest BCUT2D eigenvalue weighted by Crippen LogP contribution is -2.05. The summed E-state index contributed by atoms with van der Waals surface area (Å²) in [6, 6.07) is 46.8. The quantitative estimate of drug-likeness (QED) is 0.0319. The first-order valence-electron chi connectivity index (χ1n) is 32.5. The number of thiazole rings is 1. The maximum absolute atomic E-state index is 6.03. The van der Waals surface area contributed by atoms with E-state index in [1.807, 2.05) is 115 Å². The molecule has 0 aliphatic carbocycles. The molecule has 0 bridgehead atoms. The van der Waals surface area contributed by atoms with Crippen LogP contribution in [0.2, 0.25) is 0 Å². The van der Waals surface area contributed by atoms with Gasteiger partial charge in [-0.1, -0.05) is 59.9 Å². The van der Waals surface area contributed by atoms with Crippen molar-refractivity contribution >= 4 is 125 Å². The van der Waals surface area contributed by atoms with E-state index in [1.165, 1.54) is 37.2 Å². The zero-order valence-corrected chi connectivity index (χ0v) is 60.2. The first-order chi connectivity index (χ1) is 53.1. The molecule has 9 heterocycles. The number of nitrogens with zero attached hydrogens (tertiary/aromatic N) is 16. The van der Waals surface area contributed by atoms with Crippen LogP contribution in [0.15, 0.2) is 156 Å². The monoisotopic (exact) mass is 1500 g/mol. The SMILES string of the molecule is COc1cc(Nc2nc(N)n(-c3nc4ccccc4[nH]3)n2)cc(OC)c1OC.COc1cc(Nc2nc(N)n(-c3nc4ccccc4o3)n2)cc(OC)c1OC.COc1cc(Nc2nc(N)nn2-c2nc3ccccc3[nH]2)cc(OC)c1OC.Nc1nc(Nc2ccc3c(c2)OCO3)nn1-c1nc2ccccc2s1. The molecule has 38 nitrogen and oxygen atoms in total. The molecule has 16 aromatic rings. The summed E-state index contributed by atoms with van der Waals surface area (Å²) >= 11 is 1.51. The summed E-state index contributed by atoms with van der Waals surface area (Å²) in [6.45, 7) is 0.232. The molecule has 1 aliphatic rings. The largest absolute Gasteiger partial charge is 0.493 e. The van der Waals surface area contributed by atoms with Crippen molar-refractivity contribution in [1.82, 2.24) is 89.0 Å². The zero-order chi connectivity index (χ0) is 75.8. The average Bonchev–Trinajstić information content (AvgIpc) is 1.73. The van der Waals surface area contributed by atoms with Crippen molar-refractivity contribution in [2.75, 3.05) is 115 Å². The second-order valence-corrected chi connectivity index (χ2v) is 23.7. The lowest BCUT2D eigenvalue weighted by molar-refractivity contribution is 0.174. The maximum atomic E-state index is 6.03. The molecule has 14 N–H and O–H groups in total. The van der Waals surface area contributed by atoms with Gasteiger partial charge in [0.25, 0.3) is 0 Å². The maximum Gasteiger partial charge on any atom is 0.327 e. The Labute approximate surface area is 620 Å². The van der Waals surface area contributed by atoms with Crippen molar-refractivity contribution in [2.24, 2.45) is 0 Å². The smallest absolute Gasteiger partial charge is 0.327 e. The average molecular weight is 1500 g/mol. The molecule has 8 aromatic carbocycles. The minimum absolute atomic E-state index is 0.107. The van der Waals surface area contributed by atoms with Crippen LogP contribution in [0.1, 0.15) is 0 Å². The van der Waals surface area contributed by atoms with Gasteiger partial charge in [0.1, 0.15) is 5.52 Å². The molecule has 0 unspecified atom stereocenters. The number of aromatic nitrogens is 18. The molecule has 0 fully saturated rings. The van der Waals surface area contributed by atoms with Crippen LogP contribution >= 0.6 is 11.3 Å². The number of nitrogen functional groups attached to an aromatic ring is 4. The zero-order valence-electron chi connectivity index (χ0n) is 59.4. The number of para-hydroxylation sites is 7. The van der Waals surface area contributed by atoms with Crippen molar-refractivity contribution in [1.29, 1.82) is 0 Å². The van der Waals surface area contributed by atoms with Gasteiger partial charge in [-0.2, -0.15) is 39.0 Å². The summed E-state index contributed by atoms with van der Waals surface area (Å²) in [7, 11) is 13.9. The van der Waals surface area contributed by atoms with Gasteiger partial charge < -0.3 is 111 Å². The summed E-state index contributed by atoms with van der Waals surface area (Å²) in [5.41, 5.74) is 32.2. The Kier molecular flexibility index (Phi) is 20.2. The number of nitrogens with one attached hydrogen (secondary N) is 6. The third kappa shape index (κ3) is 15.0. The Bertz CT molecular complexity index is 5540. The summed E-state index contributed by atoms with van der Waals surface area (Å²) in [4.78, 5) is 41.3. The predicted molar refractivity (Wildman–Crippen MR) is 407 cm³/mol. The fourth-order valence-corrected chi connectivity index (χ4v) is 12.0. The first-order valence-corrected chi connectivity index (χ1v) is 33.4. The molecule has 0 radical (unpaired) electrons. The molecule has 17 rings (SSSR count). The lowest BCUT2D eigenvalue weighted by atomic mass is 10.2. The van der Waals surface area contributed by atoms with Gasteiger partial charge in [0.05, 0.1) is 96.3 Å². The van der Waals surface area contributed by atoms with Crippen LogP contribution in [-0.4, -0.2) is 160 Å². The molecule has 39 heteroatoms. The molecule has 0 saturated heterocycles. The summed E-state index contributed by atoms with van der Waals surface area (Å²) < 4.78 is 71.4. The highest BCUT2D eigenvalue weighted by molar-refractivity contribution is 7.20. The number of rotatable bonds is 21. The number of ether oxygens (including phenoxy) is 11. The number of nitrogens with two attached hydrogens (primary N) is 4. The highest BCUT2D eigenvalue weighted by Crippen LogP contribution is 2.44. The Morgan fingerprint density at radius 1 is 0.385 bits per heavy atom. The van der Waals surface area contributed by atoms with Crippen LogP contribution < -0.4 is 96.3 Å². The van der Waals surface area contributed by atoms with Crippen LogP contribution in [0, 0.1) is 0 Å². The Morgan fingerprint density at radius 3 is 1.34 bits per heavy atom. The fraction of sp³-hybridized carbons (Fsp3) is 0.143. The van der Waals surface area contributed by atoms with Crippen LogP contribution in [0.3, 0.4) is 0 Å². The molecule has 556 valence electrons. The number of oxazole rings is 1. The highest BCUT2D eigenvalue weighted by Gasteiger charge is 2.23. The van der Waals surface area contributed by atoms with Gasteiger partial charge in [0.2, 0.25) is 88.7 Å². The van der Waals surface area contributed by atoms with Crippen LogP contribution in [0.25, 0.3) is 66.4 Å². The van der Waals surface area contributed by atoms with E-state index in [-0.39, 0.29) is 42.5 Å². The third-order valence-corrected chi connectivity index (χ3v) is 17.0.